The second-order valence-corrected chi connectivity index (χ2v) is 15.7. The second-order valence-electron chi connectivity index (χ2n) is 15.7. The SMILES string of the molecule is CC\C=C/C=C\C=C/CCCCCCCC(=O)OC(COC(=O)C/C=C\C/C=C\C/C=C\CC)COC(=O)CCCCCCCCC/C=C\CCCCCCCCCC. The van der Waals surface area contributed by atoms with Gasteiger partial charge < -0.3 is 14.2 Å². The quantitative estimate of drug-likeness (QED) is 0.0201. The largest absolute Gasteiger partial charge is 0.462 e. The summed E-state index contributed by atoms with van der Waals surface area (Å²) in [7, 11) is 0. The number of hydrogen-bond donors (Lipinski definition) is 0. The molecule has 0 aromatic heterocycles. The van der Waals surface area contributed by atoms with E-state index in [1.54, 1.807) is 6.08 Å². The highest BCUT2D eigenvalue weighted by Gasteiger charge is 2.19. The molecule has 0 fully saturated rings. The van der Waals surface area contributed by atoms with Crippen molar-refractivity contribution in [3.8, 4) is 0 Å². The molecule has 336 valence electrons. The van der Waals surface area contributed by atoms with Crippen LogP contribution in [0.25, 0.3) is 0 Å². The van der Waals surface area contributed by atoms with Gasteiger partial charge in [-0.05, 0) is 77.0 Å². The predicted molar refractivity (Wildman–Crippen MR) is 251 cm³/mol. The number of carbonyl (C=O) groups excluding carboxylic acids is 3. The van der Waals surface area contributed by atoms with Crippen molar-refractivity contribution in [1.29, 1.82) is 0 Å². The maximum absolute atomic E-state index is 12.7. The van der Waals surface area contributed by atoms with Gasteiger partial charge in [-0.3, -0.25) is 14.4 Å². The zero-order valence-corrected chi connectivity index (χ0v) is 38.2. The normalized spacial score (nSPS) is 12.8. The maximum Gasteiger partial charge on any atom is 0.309 e. The van der Waals surface area contributed by atoms with E-state index in [0.29, 0.717) is 6.42 Å². The molecule has 0 spiro atoms. The Morgan fingerprint density at radius 3 is 1.36 bits per heavy atom. The minimum Gasteiger partial charge on any atom is -0.462 e. The van der Waals surface area contributed by atoms with Gasteiger partial charge in [0, 0.05) is 12.8 Å². The molecule has 0 N–H and O–H groups in total. The lowest BCUT2D eigenvalue weighted by Crippen LogP contribution is -2.30. The van der Waals surface area contributed by atoms with Gasteiger partial charge in [0.1, 0.15) is 13.2 Å². The molecule has 6 nitrogen and oxygen atoms in total. The molecule has 6 heteroatoms. The Labute approximate surface area is 363 Å². The van der Waals surface area contributed by atoms with Crippen molar-refractivity contribution in [1.82, 2.24) is 0 Å². The molecule has 0 aliphatic carbocycles. The smallest absolute Gasteiger partial charge is 0.309 e. The molecule has 0 aromatic rings. The van der Waals surface area contributed by atoms with Crippen LogP contribution in [0.2, 0.25) is 0 Å². The summed E-state index contributed by atoms with van der Waals surface area (Å²) in [6.07, 6.45) is 60.4. The number of ether oxygens (including phenoxy) is 3. The molecule has 0 heterocycles. The lowest BCUT2D eigenvalue weighted by Gasteiger charge is -2.18. The fourth-order valence-electron chi connectivity index (χ4n) is 6.38. The van der Waals surface area contributed by atoms with Crippen LogP contribution in [0.1, 0.15) is 213 Å². The Kier molecular flexibility index (Phi) is 44.5. The van der Waals surface area contributed by atoms with Crippen molar-refractivity contribution in [3.05, 3.63) is 85.1 Å². The molecule has 0 amide bonds. The van der Waals surface area contributed by atoms with Crippen LogP contribution < -0.4 is 0 Å². The van der Waals surface area contributed by atoms with E-state index in [1.165, 1.54) is 89.9 Å². The Morgan fingerprint density at radius 2 is 0.814 bits per heavy atom. The first-order valence-electron chi connectivity index (χ1n) is 24.1. The van der Waals surface area contributed by atoms with Gasteiger partial charge in [0.25, 0.3) is 0 Å². The first-order chi connectivity index (χ1) is 29.0. The molecular weight excluding hydrogens is 733 g/mol. The van der Waals surface area contributed by atoms with E-state index in [0.717, 1.165) is 83.5 Å². The van der Waals surface area contributed by atoms with Gasteiger partial charge in [-0.25, -0.2) is 0 Å². The first-order valence-corrected chi connectivity index (χ1v) is 24.1. The lowest BCUT2D eigenvalue weighted by atomic mass is 10.1. The van der Waals surface area contributed by atoms with Crippen LogP contribution in [0.4, 0.5) is 0 Å². The van der Waals surface area contributed by atoms with E-state index in [9.17, 15) is 14.4 Å². The Balaban J connectivity index is 4.38. The highest BCUT2D eigenvalue weighted by Crippen LogP contribution is 2.14. The zero-order valence-electron chi connectivity index (χ0n) is 38.2. The predicted octanol–water partition coefficient (Wildman–Crippen LogP) is 15.6. The third kappa shape index (κ3) is 45.5. The van der Waals surface area contributed by atoms with Crippen LogP contribution in [0.5, 0.6) is 0 Å². The third-order valence-electron chi connectivity index (χ3n) is 9.96. The average Bonchev–Trinajstić information content (AvgIpc) is 3.23. The molecule has 0 bridgehead atoms. The summed E-state index contributed by atoms with van der Waals surface area (Å²) < 4.78 is 16.6. The molecule has 0 aromatic carbocycles. The Bertz CT molecular complexity index is 1170. The molecule has 0 rings (SSSR count). The number of unbranched alkanes of at least 4 members (excludes halogenated alkanes) is 20. The van der Waals surface area contributed by atoms with Gasteiger partial charge in [-0.1, -0.05) is 202 Å². The van der Waals surface area contributed by atoms with Crippen LogP contribution in [-0.4, -0.2) is 37.2 Å². The second kappa shape index (κ2) is 47.3. The summed E-state index contributed by atoms with van der Waals surface area (Å²) >= 11 is 0. The van der Waals surface area contributed by atoms with E-state index < -0.39 is 12.1 Å². The van der Waals surface area contributed by atoms with Crippen molar-refractivity contribution in [2.45, 2.75) is 219 Å². The van der Waals surface area contributed by atoms with Crippen molar-refractivity contribution in [3.63, 3.8) is 0 Å². The lowest BCUT2D eigenvalue weighted by molar-refractivity contribution is -0.166. The van der Waals surface area contributed by atoms with Gasteiger partial charge in [0.05, 0.1) is 6.42 Å². The monoisotopic (exact) mass is 821 g/mol. The zero-order chi connectivity index (χ0) is 43.0. The molecular formula is C53H88O6. The summed E-state index contributed by atoms with van der Waals surface area (Å²) in [5.74, 6) is -1.08. The van der Waals surface area contributed by atoms with Gasteiger partial charge >= 0.3 is 17.9 Å². The number of allylic oxidation sites excluding steroid dienone is 13. The molecule has 0 aliphatic rings. The van der Waals surface area contributed by atoms with Gasteiger partial charge in [-0.2, -0.15) is 0 Å². The molecule has 0 saturated carbocycles. The van der Waals surface area contributed by atoms with E-state index in [2.05, 4.69) is 87.6 Å². The van der Waals surface area contributed by atoms with Crippen LogP contribution >= 0.6 is 0 Å². The Hall–Kier alpha value is -3.41. The fraction of sp³-hybridized carbons (Fsp3) is 0.679. The minimum atomic E-state index is -0.822. The fourth-order valence-corrected chi connectivity index (χ4v) is 6.38. The minimum absolute atomic E-state index is 0.115. The van der Waals surface area contributed by atoms with Gasteiger partial charge in [-0.15, -0.1) is 0 Å². The summed E-state index contributed by atoms with van der Waals surface area (Å²) in [6, 6.07) is 0. The van der Waals surface area contributed by atoms with Gasteiger partial charge in [0.2, 0.25) is 0 Å². The highest BCUT2D eigenvalue weighted by atomic mass is 16.6. The van der Waals surface area contributed by atoms with Crippen molar-refractivity contribution < 1.29 is 28.6 Å². The number of carbonyl (C=O) groups is 3. The summed E-state index contributed by atoms with van der Waals surface area (Å²) in [4.78, 5) is 37.7. The summed E-state index contributed by atoms with van der Waals surface area (Å²) in [5.41, 5.74) is 0. The molecule has 1 unspecified atom stereocenters. The molecule has 1 atom stereocenters. The van der Waals surface area contributed by atoms with Crippen molar-refractivity contribution >= 4 is 17.9 Å². The summed E-state index contributed by atoms with van der Waals surface area (Å²) in [5, 5.41) is 0. The molecule has 0 radical (unpaired) electrons. The molecule has 0 saturated heterocycles. The van der Waals surface area contributed by atoms with E-state index in [-0.39, 0.29) is 38.0 Å². The topological polar surface area (TPSA) is 78.9 Å². The standard InChI is InChI=1S/C53H88O6/c1-4-7-10-13-16-19-21-23-24-25-26-27-28-30-31-34-37-40-43-46-52(55)58-49-50(48-57-51(54)45-42-39-36-33-18-15-12-9-6-3)59-53(56)47-44-41-38-35-32-29-22-20-17-14-11-8-5-2/h8-9,11-12,14,17-18,20,22,25-26,33,39,42,50H,4-7,10,13,15-16,19,21,23-24,27-32,34-38,40-41,43-49H2,1-3H3/b11-8-,12-9-,17-14-,22-20-,26-25-,33-18-,42-39-. The summed E-state index contributed by atoms with van der Waals surface area (Å²) in [6.45, 7) is 6.25. The van der Waals surface area contributed by atoms with Crippen LogP contribution in [-0.2, 0) is 28.6 Å². The highest BCUT2D eigenvalue weighted by molar-refractivity contribution is 5.72. The van der Waals surface area contributed by atoms with Crippen LogP contribution in [0.3, 0.4) is 0 Å². The third-order valence-corrected chi connectivity index (χ3v) is 9.96. The van der Waals surface area contributed by atoms with E-state index in [1.807, 2.05) is 12.2 Å². The number of esters is 3. The average molecular weight is 821 g/mol. The number of rotatable bonds is 42. The van der Waals surface area contributed by atoms with E-state index >= 15 is 0 Å². The first kappa shape index (κ1) is 55.6. The van der Waals surface area contributed by atoms with Crippen molar-refractivity contribution in [2.24, 2.45) is 0 Å². The van der Waals surface area contributed by atoms with Crippen molar-refractivity contribution in [2.75, 3.05) is 13.2 Å². The molecule has 59 heavy (non-hydrogen) atoms. The van der Waals surface area contributed by atoms with Crippen LogP contribution in [0, 0.1) is 0 Å². The maximum atomic E-state index is 12.7. The Morgan fingerprint density at radius 1 is 0.390 bits per heavy atom. The van der Waals surface area contributed by atoms with Gasteiger partial charge in [0.15, 0.2) is 6.10 Å². The number of hydrogen-bond acceptors (Lipinski definition) is 6. The molecule has 0 aliphatic heterocycles. The van der Waals surface area contributed by atoms with Crippen LogP contribution in [0.15, 0.2) is 85.1 Å². The van der Waals surface area contributed by atoms with E-state index in [4.69, 9.17) is 14.2 Å².